The third-order valence-corrected chi connectivity index (χ3v) is 3.20. The van der Waals surface area contributed by atoms with Crippen LogP contribution >= 0.6 is 0 Å². The number of nitrogens with one attached hydrogen (secondary N) is 1. The fourth-order valence-corrected chi connectivity index (χ4v) is 2.18. The first-order valence-corrected chi connectivity index (χ1v) is 6.90. The summed E-state index contributed by atoms with van der Waals surface area (Å²) in [6.45, 7) is 3.05. The minimum atomic E-state index is 0.0853. The largest absolute Gasteiger partial charge is 0.356 e. The quantitative estimate of drug-likeness (QED) is 0.645. The van der Waals surface area contributed by atoms with Gasteiger partial charge >= 0.3 is 0 Å². The lowest BCUT2D eigenvalue weighted by molar-refractivity contribution is -0.120. The maximum absolute atomic E-state index is 11.2. The van der Waals surface area contributed by atoms with Crippen LogP contribution in [-0.4, -0.2) is 22.0 Å². The average molecular weight is 269 g/mol. The molecule has 1 amide bonds. The molecular formula is C16H19N3O. The molecule has 1 N–H and O–H groups in total. The summed E-state index contributed by atoms with van der Waals surface area (Å²) in [5, 5.41) is 2.87. The van der Waals surface area contributed by atoms with Crippen LogP contribution in [0.4, 0.5) is 0 Å². The third kappa shape index (κ3) is 3.18. The summed E-state index contributed by atoms with van der Waals surface area (Å²) in [5.74, 6) is 3.74. The number of amides is 1. The number of fused-ring (bicyclic) bond motifs is 1. The minimum Gasteiger partial charge on any atom is -0.356 e. The Bertz CT molecular complexity index is 637. The Balaban J connectivity index is 2.07. The van der Waals surface area contributed by atoms with Crippen molar-refractivity contribution in [1.82, 2.24) is 14.9 Å². The molecule has 0 atom stereocenters. The zero-order valence-electron chi connectivity index (χ0n) is 11.7. The number of terminal acetylenes is 1. The molecule has 1 heterocycles. The number of carbonyl (C=O) groups excluding carboxylic acids is 1. The summed E-state index contributed by atoms with van der Waals surface area (Å²) in [6, 6.07) is 7.98. The molecule has 0 radical (unpaired) electrons. The van der Waals surface area contributed by atoms with Crippen molar-refractivity contribution >= 4 is 16.9 Å². The number of carbonyl (C=O) groups is 1. The molecule has 0 bridgehead atoms. The van der Waals surface area contributed by atoms with Crippen molar-refractivity contribution in [2.75, 3.05) is 6.54 Å². The summed E-state index contributed by atoms with van der Waals surface area (Å²) in [5.41, 5.74) is 2.04. The Kier molecular flexibility index (Phi) is 4.78. The van der Waals surface area contributed by atoms with Gasteiger partial charge in [0.15, 0.2) is 0 Å². The van der Waals surface area contributed by atoms with Gasteiger partial charge in [-0.15, -0.1) is 6.42 Å². The smallest absolute Gasteiger partial charge is 0.219 e. The Morgan fingerprint density at radius 2 is 2.25 bits per heavy atom. The van der Waals surface area contributed by atoms with E-state index in [1.54, 1.807) is 0 Å². The van der Waals surface area contributed by atoms with Gasteiger partial charge in [0.05, 0.1) is 17.6 Å². The normalized spacial score (nSPS) is 10.4. The molecule has 0 aliphatic heterocycles. The van der Waals surface area contributed by atoms with Gasteiger partial charge in [-0.05, 0) is 18.6 Å². The standard InChI is InChI=1S/C16H19N3O/c1-3-12-19-14-9-6-5-8-13(14)18-15(19)10-7-11-17-16(20)4-2/h1,5-6,8-9H,4,7,10-12H2,2H3,(H,17,20). The predicted molar refractivity (Wildman–Crippen MR) is 80.2 cm³/mol. The van der Waals surface area contributed by atoms with E-state index in [-0.39, 0.29) is 5.91 Å². The van der Waals surface area contributed by atoms with E-state index in [4.69, 9.17) is 6.42 Å². The maximum atomic E-state index is 11.2. The first-order chi connectivity index (χ1) is 9.76. The molecule has 0 aliphatic rings. The van der Waals surface area contributed by atoms with E-state index in [0.29, 0.717) is 19.5 Å². The molecule has 0 saturated heterocycles. The van der Waals surface area contributed by atoms with Crippen molar-refractivity contribution in [3.63, 3.8) is 0 Å². The maximum Gasteiger partial charge on any atom is 0.219 e. The molecule has 4 nitrogen and oxygen atoms in total. The SMILES string of the molecule is C#CCn1c(CCCNC(=O)CC)nc2ccccc21. The van der Waals surface area contributed by atoms with E-state index in [0.717, 1.165) is 29.7 Å². The van der Waals surface area contributed by atoms with Gasteiger partial charge in [0.2, 0.25) is 5.91 Å². The molecule has 2 rings (SSSR count). The number of aryl methyl sites for hydroxylation is 1. The van der Waals surface area contributed by atoms with Gasteiger partial charge in [-0.1, -0.05) is 25.0 Å². The van der Waals surface area contributed by atoms with Crippen LogP contribution in [0.15, 0.2) is 24.3 Å². The van der Waals surface area contributed by atoms with E-state index < -0.39 is 0 Å². The fraction of sp³-hybridized carbons (Fsp3) is 0.375. The summed E-state index contributed by atoms with van der Waals surface area (Å²) >= 11 is 0. The van der Waals surface area contributed by atoms with Gasteiger partial charge < -0.3 is 9.88 Å². The molecule has 104 valence electrons. The highest BCUT2D eigenvalue weighted by Gasteiger charge is 2.09. The number of nitrogens with zero attached hydrogens (tertiary/aromatic N) is 2. The van der Waals surface area contributed by atoms with Crippen molar-refractivity contribution in [3.8, 4) is 12.3 Å². The van der Waals surface area contributed by atoms with Gasteiger partial charge in [0.25, 0.3) is 0 Å². The van der Waals surface area contributed by atoms with Crippen molar-refractivity contribution in [1.29, 1.82) is 0 Å². The molecule has 1 aromatic heterocycles. The number of benzene rings is 1. The molecule has 0 unspecified atom stereocenters. The zero-order valence-corrected chi connectivity index (χ0v) is 11.7. The summed E-state index contributed by atoms with van der Waals surface area (Å²) in [7, 11) is 0. The summed E-state index contributed by atoms with van der Waals surface area (Å²) in [6.07, 6.45) is 7.63. The molecule has 0 spiro atoms. The zero-order chi connectivity index (χ0) is 14.4. The predicted octanol–water partition coefficient (Wildman–Crippen LogP) is 2.13. The highest BCUT2D eigenvalue weighted by Crippen LogP contribution is 2.16. The van der Waals surface area contributed by atoms with Crippen LogP contribution in [0.3, 0.4) is 0 Å². The second-order valence-electron chi connectivity index (χ2n) is 4.61. The number of hydrogen-bond donors (Lipinski definition) is 1. The van der Waals surface area contributed by atoms with Gasteiger partial charge in [0, 0.05) is 19.4 Å². The Morgan fingerprint density at radius 3 is 3.00 bits per heavy atom. The van der Waals surface area contributed by atoms with Crippen molar-refractivity contribution in [3.05, 3.63) is 30.1 Å². The molecule has 4 heteroatoms. The van der Waals surface area contributed by atoms with E-state index in [9.17, 15) is 4.79 Å². The molecular weight excluding hydrogens is 250 g/mol. The van der Waals surface area contributed by atoms with Crippen LogP contribution in [0.2, 0.25) is 0 Å². The molecule has 0 fully saturated rings. The molecule has 0 aliphatic carbocycles. The number of imidazole rings is 1. The van der Waals surface area contributed by atoms with Crippen LogP contribution in [-0.2, 0) is 17.8 Å². The van der Waals surface area contributed by atoms with Gasteiger partial charge in [-0.25, -0.2) is 4.98 Å². The summed E-state index contributed by atoms with van der Waals surface area (Å²) in [4.78, 5) is 15.8. The lowest BCUT2D eigenvalue weighted by Gasteiger charge is -2.06. The van der Waals surface area contributed by atoms with Crippen LogP contribution < -0.4 is 5.32 Å². The second kappa shape index (κ2) is 6.76. The van der Waals surface area contributed by atoms with Gasteiger partial charge in [0.1, 0.15) is 5.82 Å². The first kappa shape index (κ1) is 14.1. The van der Waals surface area contributed by atoms with Crippen LogP contribution in [0.25, 0.3) is 11.0 Å². The van der Waals surface area contributed by atoms with E-state index in [2.05, 4.69) is 20.8 Å². The fourth-order valence-electron chi connectivity index (χ4n) is 2.18. The first-order valence-electron chi connectivity index (χ1n) is 6.90. The van der Waals surface area contributed by atoms with E-state index >= 15 is 0 Å². The lowest BCUT2D eigenvalue weighted by atomic mass is 10.3. The van der Waals surface area contributed by atoms with Crippen LogP contribution in [0.1, 0.15) is 25.6 Å². The van der Waals surface area contributed by atoms with Crippen molar-refractivity contribution in [2.45, 2.75) is 32.7 Å². The number of para-hydroxylation sites is 2. The van der Waals surface area contributed by atoms with Crippen LogP contribution in [0, 0.1) is 12.3 Å². The highest BCUT2D eigenvalue weighted by atomic mass is 16.1. The second-order valence-corrected chi connectivity index (χ2v) is 4.61. The van der Waals surface area contributed by atoms with Gasteiger partial charge in [-0.3, -0.25) is 4.79 Å². The monoisotopic (exact) mass is 269 g/mol. The molecule has 20 heavy (non-hydrogen) atoms. The summed E-state index contributed by atoms with van der Waals surface area (Å²) < 4.78 is 2.07. The molecule has 1 aromatic carbocycles. The van der Waals surface area contributed by atoms with E-state index in [1.807, 2.05) is 31.2 Å². The Labute approximate surface area is 119 Å². The topological polar surface area (TPSA) is 46.9 Å². The molecule has 0 saturated carbocycles. The Hall–Kier alpha value is -2.28. The minimum absolute atomic E-state index is 0.0853. The number of aromatic nitrogens is 2. The van der Waals surface area contributed by atoms with Crippen LogP contribution in [0.5, 0.6) is 0 Å². The molecule has 2 aromatic rings. The van der Waals surface area contributed by atoms with Crippen molar-refractivity contribution in [2.24, 2.45) is 0 Å². The highest BCUT2D eigenvalue weighted by molar-refractivity contribution is 5.76. The average Bonchev–Trinajstić information content (AvgIpc) is 2.82. The number of hydrogen-bond acceptors (Lipinski definition) is 2. The van der Waals surface area contributed by atoms with Crippen molar-refractivity contribution < 1.29 is 4.79 Å². The van der Waals surface area contributed by atoms with E-state index in [1.165, 1.54) is 0 Å². The lowest BCUT2D eigenvalue weighted by Crippen LogP contribution is -2.23. The third-order valence-electron chi connectivity index (χ3n) is 3.20. The Morgan fingerprint density at radius 1 is 1.45 bits per heavy atom. The number of rotatable bonds is 6. The van der Waals surface area contributed by atoms with Gasteiger partial charge in [-0.2, -0.15) is 0 Å².